The van der Waals surface area contributed by atoms with E-state index in [2.05, 4.69) is 24.3 Å². The van der Waals surface area contributed by atoms with Crippen molar-refractivity contribution >= 4 is 11.9 Å². The van der Waals surface area contributed by atoms with Crippen molar-refractivity contribution in [3.05, 3.63) is 24.3 Å². The van der Waals surface area contributed by atoms with Gasteiger partial charge in [0.1, 0.15) is 0 Å². The van der Waals surface area contributed by atoms with E-state index in [-0.39, 0.29) is 35.6 Å². The Labute approximate surface area is 105 Å². The van der Waals surface area contributed by atoms with Crippen molar-refractivity contribution in [3.63, 3.8) is 0 Å². The van der Waals surface area contributed by atoms with Crippen molar-refractivity contribution in [3.8, 4) is 0 Å². The highest BCUT2D eigenvalue weighted by Crippen LogP contribution is 2.77. The quantitative estimate of drug-likeness (QED) is 0.370. The second-order valence-corrected chi connectivity index (χ2v) is 6.42. The van der Waals surface area contributed by atoms with Crippen molar-refractivity contribution in [2.24, 2.45) is 34.5 Å². The molecule has 6 rings (SSSR count). The van der Waals surface area contributed by atoms with Crippen LogP contribution in [0.15, 0.2) is 24.3 Å². The van der Waals surface area contributed by atoms with Gasteiger partial charge in [-0.2, -0.15) is 0 Å². The first kappa shape index (κ1) is 9.54. The van der Waals surface area contributed by atoms with Crippen molar-refractivity contribution < 1.29 is 14.3 Å². The molecule has 0 amide bonds. The Morgan fingerprint density at radius 3 is 1.72 bits per heavy atom. The maximum atomic E-state index is 12.5. The van der Waals surface area contributed by atoms with E-state index in [1.54, 1.807) is 0 Å². The smallest absolute Gasteiger partial charge is 0.322 e. The van der Waals surface area contributed by atoms with Crippen molar-refractivity contribution in [1.29, 1.82) is 0 Å². The second-order valence-electron chi connectivity index (χ2n) is 6.42. The van der Waals surface area contributed by atoms with E-state index in [9.17, 15) is 9.59 Å². The molecule has 2 unspecified atom stereocenters. The number of hydrogen-bond acceptors (Lipinski definition) is 3. The van der Waals surface area contributed by atoms with Crippen LogP contribution in [0.4, 0.5) is 0 Å². The number of cyclic esters (lactones) is 2. The van der Waals surface area contributed by atoms with Gasteiger partial charge in [-0.15, -0.1) is 0 Å². The highest BCUT2D eigenvalue weighted by molar-refractivity contribution is 6.05. The van der Waals surface area contributed by atoms with Crippen LogP contribution in [0.1, 0.15) is 19.3 Å². The number of esters is 2. The maximum absolute atomic E-state index is 12.5. The molecule has 0 aromatic carbocycles. The summed E-state index contributed by atoms with van der Waals surface area (Å²) in [7, 11) is 0. The van der Waals surface area contributed by atoms with E-state index in [1.165, 1.54) is 0 Å². The lowest BCUT2D eigenvalue weighted by Crippen LogP contribution is -2.60. The average Bonchev–Trinajstić information content (AvgIpc) is 3.04. The summed E-state index contributed by atoms with van der Waals surface area (Å²) >= 11 is 0. The van der Waals surface area contributed by atoms with Gasteiger partial charge in [0.05, 0.1) is 10.8 Å². The summed E-state index contributed by atoms with van der Waals surface area (Å²) in [6.07, 6.45) is 11.7. The predicted octanol–water partition coefficient (Wildman–Crippen LogP) is 1.84. The second kappa shape index (κ2) is 2.49. The third-order valence-corrected chi connectivity index (χ3v) is 6.33. The molecule has 0 aromatic heterocycles. The lowest BCUT2D eigenvalue weighted by molar-refractivity contribution is -0.157. The molecule has 3 nitrogen and oxygen atoms in total. The fraction of sp³-hybridized carbons (Fsp3) is 0.600. The molecule has 1 aliphatic heterocycles. The molecule has 1 heterocycles. The van der Waals surface area contributed by atoms with Crippen molar-refractivity contribution in [2.75, 3.05) is 0 Å². The van der Waals surface area contributed by atoms with E-state index < -0.39 is 10.8 Å². The van der Waals surface area contributed by atoms with Crippen LogP contribution in [0, 0.1) is 34.5 Å². The molecule has 4 bridgehead atoms. The third-order valence-electron chi connectivity index (χ3n) is 6.33. The Kier molecular flexibility index (Phi) is 1.32. The zero-order valence-corrected chi connectivity index (χ0v) is 9.96. The molecular formula is C15H14O3. The van der Waals surface area contributed by atoms with Gasteiger partial charge in [0.15, 0.2) is 0 Å². The van der Waals surface area contributed by atoms with Crippen LogP contribution < -0.4 is 0 Å². The van der Waals surface area contributed by atoms with Gasteiger partial charge in [-0.05, 0) is 42.9 Å². The van der Waals surface area contributed by atoms with Gasteiger partial charge in [0, 0.05) is 0 Å². The van der Waals surface area contributed by atoms with E-state index in [0.29, 0.717) is 0 Å². The molecule has 18 heavy (non-hydrogen) atoms. The number of rotatable bonds is 0. The summed E-state index contributed by atoms with van der Waals surface area (Å²) in [5.74, 6) is 0.396. The van der Waals surface area contributed by atoms with Crippen molar-refractivity contribution in [2.45, 2.75) is 19.3 Å². The molecule has 5 aliphatic carbocycles. The molecule has 0 spiro atoms. The fourth-order valence-electron chi connectivity index (χ4n) is 5.93. The van der Waals surface area contributed by atoms with Gasteiger partial charge in [-0.25, -0.2) is 0 Å². The normalized spacial score (nSPS) is 58.0. The number of ether oxygens (including phenoxy) is 1. The van der Waals surface area contributed by atoms with Crippen molar-refractivity contribution in [1.82, 2.24) is 0 Å². The zero-order chi connectivity index (χ0) is 12.1. The Morgan fingerprint density at radius 1 is 0.833 bits per heavy atom. The highest BCUT2D eigenvalue weighted by atomic mass is 16.6. The molecule has 0 radical (unpaired) electrons. The van der Waals surface area contributed by atoms with Gasteiger partial charge < -0.3 is 4.74 Å². The fourth-order valence-corrected chi connectivity index (χ4v) is 5.93. The molecule has 1 saturated heterocycles. The zero-order valence-electron chi connectivity index (χ0n) is 9.96. The van der Waals surface area contributed by atoms with Gasteiger partial charge in [0.25, 0.3) is 0 Å². The van der Waals surface area contributed by atoms with Crippen LogP contribution in [0.3, 0.4) is 0 Å². The molecule has 92 valence electrons. The summed E-state index contributed by atoms with van der Waals surface area (Å²) in [6.45, 7) is 0. The Bertz CT molecular complexity index is 514. The molecule has 0 N–H and O–H groups in total. The summed E-state index contributed by atoms with van der Waals surface area (Å²) in [5, 5.41) is 0. The van der Waals surface area contributed by atoms with E-state index in [1.807, 2.05) is 0 Å². The van der Waals surface area contributed by atoms with Gasteiger partial charge >= 0.3 is 11.9 Å². The molecule has 6 atom stereocenters. The minimum atomic E-state index is -0.541. The first-order valence-corrected chi connectivity index (χ1v) is 6.85. The minimum absolute atomic E-state index is 0.210. The minimum Gasteiger partial charge on any atom is -0.392 e. The average molecular weight is 242 g/mol. The molecule has 0 aromatic rings. The van der Waals surface area contributed by atoms with Gasteiger partial charge in [-0.1, -0.05) is 24.3 Å². The highest BCUT2D eigenvalue weighted by Gasteiger charge is 2.83. The summed E-state index contributed by atoms with van der Waals surface area (Å²) in [6, 6.07) is 0. The number of carbonyl (C=O) groups is 2. The van der Waals surface area contributed by atoms with Gasteiger partial charge in [-0.3, -0.25) is 9.59 Å². The topological polar surface area (TPSA) is 43.4 Å². The SMILES string of the molecule is O=C1OC(=O)[C@]23C4C=CC(C4)[C@]12[C@H]1C=C[C@@H]3CC1. The molecule has 2 saturated carbocycles. The van der Waals surface area contributed by atoms with Crippen LogP contribution in [0.25, 0.3) is 0 Å². The van der Waals surface area contributed by atoms with Crippen LogP contribution in [0.2, 0.25) is 0 Å². The third kappa shape index (κ3) is 0.611. The maximum Gasteiger partial charge on any atom is 0.322 e. The summed E-state index contributed by atoms with van der Waals surface area (Å²) < 4.78 is 5.16. The standard InChI is InChI=1S/C15H14O3/c16-12-14-8-1-2-9(4-3-8)15(14,13(17)18-12)11-6-5-10(14)7-11/h1-2,5-6,8-11H,3-4,7H2/t8-,9+,10?,11?,14+,15-. The van der Waals surface area contributed by atoms with Crippen LogP contribution in [0.5, 0.6) is 0 Å². The number of allylic oxidation sites excluding steroid dienone is 4. The Balaban J connectivity index is 1.91. The van der Waals surface area contributed by atoms with Crippen LogP contribution in [-0.4, -0.2) is 11.9 Å². The Hall–Kier alpha value is -1.38. The van der Waals surface area contributed by atoms with E-state index in [4.69, 9.17) is 4.74 Å². The molecule has 3 heteroatoms. The van der Waals surface area contributed by atoms with Gasteiger partial charge in [0.2, 0.25) is 0 Å². The lowest BCUT2D eigenvalue weighted by atomic mass is 9.43. The Morgan fingerprint density at radius 2 is 1.28 bits per heavy atom. The lowest BCUT2D eigenvalue weighted by Gasteiger charge is -2.55. The number of fused-ring (bicyclic) bond motifs is 3. The summed E-state index contributed by atoms with van der Waals surface area (Å²) in [5.41, 5.74) is -1.08. The first-order valence-electron chi connectivity index (χ1n) is 6.85. The first-order chi connectivity index (χ1) is 8.72. The van der Waals surface area contributed by atoms with Crippen LogP contribution >= 0.6 is 0 Å². The van der Waals surface area contributed by atoms with E-state index in [0.717, 1.165) is 19.3 Å². The molecular weight excluding hydrogens is 228 g/mol. The largest absolute Gasteiger partial charge is 0.392 e. The number of hydrogen-bond donors (Lipinski definition) is 0. The molecule has 3 fully saturated rings. The van der Waals surface area contributed by atoms with E-state index >= 15 is 0 Å². The molecule has 6 aliphatic rings. The summed E-state index contributed by atoms with van der Waals surface area (Å²) in [4.78, 5) is 25.0. The number of carbonyl (C=O) groups excluding carboxylic acids is 2. The predicted molar refractivity (Wildman–Crippen MR) is 62.1 cm³/mol. The van der Waals surface area contributed by atoms with Crippen LogP contribution in [-0.2, 0) is 14.3 Å². The monoisotopic (exact) mass is 242 g/mol.